The number of fused-ring (bicyclic) bond motifs is 1. The molecule has 0 atom stereocenters. The first-order valence-corrected chi connectivity index (χ1v) is 6.97. The lowest BCUT2D eigenvalue weighted by Crippen LogP contribution is -2.13. The molecule has 0 saturated carbocycles. The van der Waals surface area contributed by atoms with E-state index in [1.165, 1.54) is 18.2 Å². The van der Waals surface area contributed by atoms with Crippen molar-refractivity contribution in [2.75, 3.05) is 5.32 Å². The van der Waals surface area contributed by atoms with Gasteiger partial charge >= 0.3 is 0 Å². The molecule has 6 heteroatoms. The van der Waals surface area contributed by atoms with Gasteiger partial charge in [0.15, 0.2) is 0 Å². The number of carbonyl (C=O) groups is 1. The van der Waals surface area contributed by atoms with E-state index >= 15 is 0 Å². The van der Waals surface area contributed by atoms with Crippen LogP contribution in [-0.2, 0) is 14.6 Å². The average molecular weight is 274 g/mol. The summed E-state index contributed by atoms with van der Waals surface area (Å²) >= 11 is 0. The fourth-order valence-corrected chi connectivity index (χ4v) is 2.91. The lowest BCUT2D eigenvalue weighted by molar-refractivity contribution is -0.112. The molecule has 5 nitrogen and oxygen atoms in total. The zero-order valence-electron chi connectivity index (χ0n) is 10.0. The van der Waals surface area contributed by atoms with Gasteiger partial charge in [-0.05, 0) is 30.7 Å². The summed E-state index contributed by atoms with van der Waals surface area (Å²) in [5, 5.41) is 12.3. The topological polar surface area (TPSA) is 87.0 Å². The Kier molecular flexibility index (Phi) is 3.23. The summed E-state index contributed by atoms with van der Waals surface area (Å²) in [6.07, 6.45) is 2.89. The summed E-state index contributed by atoms with van der Waals surface area (Å²) in [6.45, 7) is 1.58. The van der Waals surface area contributed by atoms with Crippen molar-refractivity contribution in [2.24, 2.45) is 0 Å². The molecule has 1 amide bonds. The van der Waals surface area contributed by atoms with Gasteiger partial charge < -0.3 is 5.32 Å². The van der Waals surface area contributed by atoms with E-state index in [-0.39, 0.29) is 10.5 Å². The maximum absolute atomic E-state index is 11.7. The summed E-state index contributed by atoms with van der Waals surface area (Å²) in [7, 11) is -3.41. The average Bonchev–Trinajstić information content (AvgIpc) is 2.67. The van der Waals surface area contributed by atoms with Gasteiger partial charge in [-0.3, -0.25) is 4.79 Å². The monoisotopic (exact) mass is 274 g/mol. The number of carbonyl (C=O) groups excluding carboxylic acids is 1. The highest BCUT2D eigenvalue weighted by Crippen LogP contribution is 2.29. The Bertz CT molecular complexity index is 753. The lowest BCUT2D eigenvalue weighted by atomic mass is 10.2. The predicted molar refractivity (Wildman–Crippen MR) is 70.7 cm³/mol. The number of sulfone groups is 1. The first-order chi connectivity index (χ1) is 8.97. The molecule has 2 rings (SSSR count). The minimum atomic E-state index is -3.41. The third kappa shape index (κ3) is 2.41. The summed E-state index contributed by atoms with van der Waals surface area (Å²) in [4.78, 5) is 11.8. The van der Waals surface area contributed by atoms with Gasteiger partial charge in [-0.15, -0.1) is 0 Å². The highest BCUT2D eigenvalue weighted by atomic mass is 32.2. The van der Waals surface area contributed by atoms with Crippen LogP contribution in [0.2, 0.25) is 0 Å². The Morgan fingerprint density at radius 3 is 2.79 bits per heavy atom. The van der Waals surface area contributed by atoms with E-state index in [0.29, 0.717) is 11.3 Å². The minimum Gasteiger partial charge on any atom is -0.321 e. The number of anilines is 1. The first kappa shape index (κ1) is 13.1. The van der Waals surface area contributed by atoms with Crippen LogP contribution in [0.5, 0.6) is 0 Å². The summed E-state index contributed by atoms with van der Waals surface area (Å²) < 4.78 is 23.3. The van der Waals surface area contributed by atoms with E-state index in [2.05, 4.69) is 5.32 Å². The molecular weight excluding hydrogens is 264 g/mol. The largest absolute Gasteiger partial charge is 0.321 e. The van der Waals surface area contributed by atoms with Gasteiger partial charge in [0.2, 0.25) is 9.84 Å². The Hall–Kier alpha value is -2.39. The molecule has 0 bridgehead atoms. The standard InChI is InChI=1S/C13H10N2O3S/c1-2-9(8-14)13(16)15-11-4-3-10-5-6-19(17,18)12(10)7-11/h2-7H,1H3,(H,15,16)/b9-2+. The number of hydrogen-bond donors (Lipinski definition) is 1. The predicted octanol–water partition coefficient (Wildman–Crippen LogP) is 1.85. The molecule has 0 fully saturated rings. The van der Waals surface area contributed by atoms with Crippen LogP contribution in [0.4, 0.5) is 5.69 Å². The molecule has 0 unspecified atom stereocenters. The minimum absolute atomic E-state index is 0.0264. The van der Waals surface area contributed by atoms with Crippen molar-refractivity contribution < 1.29 is 13.2 Å². The fraction of sp³-hybridized carbons (Fsp3) is 0.0769. The summed E-state index contributed by atoms with van der Waals surface area (Å²) in [6, 6.07) is 6.34. The zero-order valence-corrected chi connectivity index (χ0v) is 10.9. The van der Waals surface area contributed by atoms with Gasteiger partial charge in [0.05, 0.1) is 4.90 Å². The molecule has 1 aliphatic rings. The molecule has 1 aromatic carbocycles. The van der Waals surface area contributed by atoms with Crippen molar-refractivity contribution in [2.45, 2.75) is 11.8 Å². The zero-order chi connectivity index (χ0) is 14.0. The van der Waals surface area contributed by atoms with Crippen molar-refractivity contribution in [3.63, 3.8) is 0 Å². The number of rotatable bonds is 2. The van der Waals surface area contributed by atoms with E-state index in [1.54, 1.807) is 25.1 Å². The molecule has 0 spiro atoms. The number of nitriles is 1. The molecule has 0 aliphatic carbocycles. The summed E-state index contributed by atoms with van der Waals surface area (Å²) in [5.41, 5.74) is 0.900. The first-order valence-electron chi connectivity index (χ1n) is 5.43. The molecule has 96 valence electrons. The van der Waals surface area contributed by atoms with Crippen LogP contribution in [0.3, 0.4) is 0 Å². The molecule has 0 saturated heterocycles. The maximum atomic E-state index is 11.7. The van der Waals surface area contributed by atoms with Crippen LogP contribution in [-0.4, -0.2) is 14.3 Å². The smallest absolute Gasteiger partial charge is 0.265 e. The normalized spacial score (nSPS) is 15.7. The van der Waals surface area contributed by atoms with Crippen molar-refractivity contribution in [3.05, 3.63) is 40.8 Å². The SMILES string of the molecule is C/C=C(\C#N)C(=O)Nc1ccc2c(c1)S(=O)(=O)C=C2. The highest BCUT2D eigenvalue weighted by molar-refractivity contribution is 7.94. The van der Waals surface area contributed by atoms with Crippen molar-refractivity contribution in [1.82, 2.24) is 0 Å². The third-order valence-electron chi connectivity index (χ3n) is 2.66. The fourth-order valence-electron chi connectivity index (χ4n) is 1.68. The van der Waals surface area contributed by atoms with Crippen LogP contribution < -0.4 is 5.32 Å². The van der Waals surface area contributed by atoms with Gasteiger partial charge in [-0.2, -0.15) is 5.26 Å². The van der Waals surface area contributed by atoms with Gasteiger partial charge in [-0.1, -0.05) is 12.1 Å². The molecule has 0 aromatic heterocycles. The quantitative estimate of drug-likeness (QED) is 0.658. The van der Waals surface area contributed by atoms with E-state index in [4.69, 9.17) is 5.26 Å². The van der Waals surface area contributed by atoms with Crippen LogP contribution >= 0.6 is 0 Å². The van der Waals surface area contributed by atoms with E-state index in [0.717, 1.165) is 5.41 Å². The van der Waals surface area contributed by atoms with Crippen LogP contribution in [0.1, 0.15) is 12.5 Å². The van der Waals surface area contributed by atoms with Crippen LogP contribution in [0.25, 0.3) is 6.08 Å². The van der Waals surface area contributed by atoms with Crippen LogP contribution in [0.15, 0.2) is 40.2 Å². The van der Waals surface area contributed by atoms with Gasteiger partial charge in [0.25, 0.3) is 5.91 Å². The van der Waals surface area contributed by atoms with Gasteiger partial charge in [0.1, 0.15) is 11.6 Å². The lowest BCUT2D eigenvalue weighted by Gasteiger charge is -2.06. The molecule has 19 heavy (non-hydrogen) atoms. The Morgan fingerprint density at radius 2 is 2.16 bits per heavy atom. The molecule has 0 radical (unpaired) electrons. The second kappa shape index (κ2) is 4.71. The van der Waals surface area contributed by atoms with E-state index in [1.807, 2.05) is 0 Å². The maximum Gasteiger partial charge on any atom is 0.265 e. The van der Waals surface area contributed by atoms with Gasteiger partial charge in [-0.25, -0.2) is 8.42 Å². The molecule has 1 aromatic rings. The van der Waals surface area contributed by atoms with Crippen molar-refractivity contribution in [3.8, 4) is 6.07 Å². The Balaban J connectivity index is 2.32. The highest BCUT2D eigenvalue weighted by Gasteiger charge is 2.21. The number of amides is 1. The number of benzene rings is 1. The van der Waals surface area contributed by atoms with E-state index < -0.39 is 15.7 Å². The third-order valence-corrected chi connectivity index (χ3v) is 4.12. The van der Waals surface area contributed by atoms with Gasteiger partial charge in [0, 0.05) is 11.1 Å². The number of allylic oxidation sites excluding steroid dienone is 1. The molecule has 1 N–H and O–H groups in total. The van der Waals surface area contributed by atoms with E-state index in [9.17, 15) is 13.2 Å². The Labute approximate surface area is 110 Å². The van der Waals surface area contributed by atoms with Crippen molar-refractivity contribution in [1.29, 1.82) is 5.26 Å². The number of hydrogen-bond acceptors (Lipinski definition) is 4. The number of nitrogens with one attached hydrogen (secondary N) is 1. The number of nitrogens with zero attached hydrogens (tertiary/aromatic N) is 1. The summed E-state index contributed by atoms with van der Waals surface area (Å²) in [5.74, 6) is -0.562. The molecular formula is C13H10N2O3S. The molecule has 1 aliphatic heterocycles. The van der Waals surface area contributed by atoms with Crippen molar-refractivity contribution >= 4 is 27.5 Å². The second-order valence-electron chi connectivity index (χ2n) is 3.87. The Morgan fingerprint density at radius 1 is 1.42 bits per heavy atom. The molecule has 1 heterocycles. The second-order valence-corrected chi connectivity index (χ2v) is 5.67. The van der Waals surface area contributed by atoms with Crippen LogP contribution in [0, 0.1) is 11.3 Å².